The number of rotatable bonds is 1. The van der Waals surface area contributed by atoms with E-state index in [1.54, 1.807) is 4.90 Å². The van der Waals surface area contributed by atoms with E-state index in [1.165, 1.54) is 7.11 Å². The molecule has 0 spiro atoms. The lowest BCUT2D eigenvalue weighted by Gasteiger charge is -2.28. The first kappa shape index (κ1) is 6.35. The second-order valence-electron chi connectivity index (χ2n) is 1.86. The summed E-state index contributed by atoms with van der Waals surface area (Å²) in [6, 6.07) is 0. The molecule has 1 aliphatic heterocycles. The van der Waals surface area contributed by atoms with Gasteiger partial charge in [-0.25, -0.2) is 4.79 Å². The molecule has 1 fully saturated rings. The molecule has 0 bridgehead atoms. The van der Waals surface area contributed by atoms with E-state index in [0.29, 0.717) is 0 Å². The monoisotopic (exact) mass is 131 g/mol. The zero-order chi connectivity index (χ0) is 6.69. The summed E-state index contributed by atoms with van der Waals surface area (Å²) in [5.74, 6) is 0. The minimum atomic E-state index is -0.385. The van der Waals surface area contributed by atoms with Crippen LogP contribution in [0.25, 0.3) is 0 Å². The molecule has 9 heavy (non-hydrogen) atoms. The zero-order valence-electron chi connectivity index (χ0n) is 5.29. The van der Waals surface area contributed by atoms with Gasteiger partial charge in [-0.1, -0.05) is 0 Å². The SMILES string of the molecule is COOC(=O)N1CCC1. The number of hydrogen-bond acceptors (Lipinski definition) is 3. The van der Waals surface area contributed by atoms with E-state index in [9.17, 15) is 4.79 Å². The van der Waals surface area contributed by atoms with E-state index in [-0.39, 0.29) is 6.09 Å². The van der Waals surface area contributed by atoms with Crippen LogP contribution >= 0.6 is 0 Å². The van der Waals surface area contributed by atoms with Gasteiger partial charge in [0.25, 0.3) is 0 Å². The Bertz CT molecular complexity index is 111. The summed E-state index contributed by atoms with van der Waals surface area (Å²) in [5, 5.41) is 0. The minimum absolute atomic E-state index is 0.385. The molecule has 1 aliphatic rings. The van der Waals surface area contributed by atoms with Crippen molar-refractivity contribution in [2.75, 3.05) is 20.2 Å². The van der Waals surface area contributed by atoms with E-state index in [2.05, 4.69) is 9.78 Å². The van der Waals surface area contributed by atoms with Crippen molar-refractivity contribution in [2.45, 2.75) is 6.42 Å². The molecule has 0 unspecified atom stereocenters. The molecule has 0 aromatic rings. The number of likely N-dealkylation sites (tertiary alicyclic amines) is 1. The quantitative estimate of drug-likeness (QED) is 0.381. The highest BCUT2D eigenvalue weighted by Gasteiger charge is 2.21. The Balaban J connectivity index is 2.16. The summed E-state index contributed by atoms with van der Waals surface area (Å²) < 4.78 is 0. The number of nitrogens with zero attached hydrogens (tertiary/aromatic N) is 1. The van der Waals surface area contributed by atoms with Crippen LogP contribution in [0.5, 0.6) is 0 Å². The van der Waals surface area contributed by atoms with Gasteiger partial charge >= 0.3 is 6.09 Å². The maximum Gasteiger partial charge on any atom is 0.441 e. The van der Waals surface area contributed by atoms with Gasteiger partial charge in [-0.15, -0.1) is 0 Å². The van der Waals surface area contributed by atoms with E-state index in [0.717, 1.165) is 19.5 Å². The maximum atomic E-state index is 10.6. The zero-order valence-corrected chi connectivity index (χ0v) is 5.29. The Hall–Kier alpha value is -0.770. The fraction of sp³-hybridized carbons (Fsp3) is 0.800. The normalized spacial score (nSPS) is 16.8. The van der Waals surface area contributed by atoms with Gasteiger partial charge in [-0.2, -0.15) is 4.89 Å². The second kappa shape index (κ2) is 2.68. The fourth-order valence-corrected chi connectivity index (χ4v) is 0.623. The molecule has 0 atom stereocenters. The highest BCUT2D eigenvalue weighted by molar-refractivity contribution is 5.67. The van der Waals surface area contributed by atoms with Gasteiger partial charge in [0.15, 0.2) is 0 Å². The van der Waals surface area contributed by atoms with Crippen LogP contribution in [-0.2, 0) is 9.78 Å². The van der Waals surface area contributed by atoms with Crippen molar-refractivity contribution in [1.82, 2.24) is 4.90 Å². The highest BCUT2D eigenvalue weighted by atomic mass is 17.2. The smallest absolute Gasteiger partial charge is 0.306 e. The molecule has 52 valence electrons. The molecule has 1 saturated heterocycles. The van der Waals surface area contributed by atoms with Crippen molar-refractivity contribution in [3.8, 4) is 0 Å². The Kier molecular flexibility index (Phi) is 1.89. The standard InChI is InChI=1S/C5H9NO3/c1-8-9-5(7)6-3-2-4-6/h2-4H2,1H3. The van der Waals surface area contributed by atoms with Crippen LogP contribution in [0, 0.1) is 0 Å². The van der Waals surface area contributed by atoms with Gasteiger partial charge in [0, 0.05) is 13.1 Å². The van der Waals surface area contributed by atoms with Gasteiger partial charge in [-0.3, -0.25) is 4.89 Å². The molecule has 0 aromatic heterocycles. The van der Waals surface area contributed by atoms with Crippen LogP contribution < -0.4 is 0 Å². The molecule has 0 aromatic carbocycles. The molecular formula is C5H9NO3. The summed E-state index contributed by atoms with van der Waals surface area (Å²) in [5.41, 5.74) is 0. The van der Waals surface area contributed by atoms with Crippen molar-refractivity contribution in [3.63, 3.8) is 0 Å². The van der Waals surface area contributed by atoms with Crippen LogP contribution in [0.3, 0.4) is 0 Å². The van der Waals surface area contributed by atoms with Gasteiger partial charge in [-0.05, 0) is 6.42 Å². The van der Waals surface area contributed by atoms with Crippen LogP contribution in [0.2, 0.25) is 0 Å². The van der Waals surface area contributed by atoms with Gasteiger partial charge < -0.3 is 4.90 Å². The molecule has 1 amide bonds. The number of carbonyl (C=O) groups excluding carboxylic acids is 1. The summed E-state index contributed by atoms with van der Waals surface area (Å²) in [4.78, 5) is 20.6. The fourth-order valence-electron chi connectivity index (χ4n) is 0.623. The van der Waals surface area contributed by atoms with Crippen molar-refractivity contribution in [1.29, 1.82) is 0 Å². The Labute approximate surface area is 53.3 Å². The minimum Gasteiger partial charge on any atom is -0.306 e. The van der Waals surface area contributed by atoms with E-state index < -0.39 is 0 Å². The number of carbonyl (C=O) groups is 1. The van der Waals surface area contributed by atoms with Crippen LogP contribution in [0.15, 0.2) is 0 Å². The Morgan fingerprint density at radius 1 is 1.56 bits per heavy atom. The van der Waals surface area contributed by atoms with Gasteiger partial charge in [0.05, 0.1) is 7.11 Å². The summed E-state index contributed by atoms with van der Waals surface area (Å²) >= 11 is 0. The van der Waals surface area contributed by atoms with Crippen molar-refractivity contribution >= 4 is 6.09 Å². The average Bonchev–Trinajstić information content (AvgIpc) is 1.60. The third kappa shape index (κ3) is 1.32. The third-order valence-corrected chi connectivity index (χ3v) is 1.27. The first-order valence-electron chi connectivity index (χ1n) is 2.84. The lowest BCUT2D eigenvalue weighted by atomic mass is 10.2. The topological polar surface area (TPSA) is 38.8 Å². The molecule has 0 radical (unpaired) electrons. The number of amides is 1. The summed E-state index contributed by atoms with van der Waals surface area (Å²) in [6.07, 6.45) is 0.683. The molecule has 4 heteroatoms. The van der Waals surface area contributed by atoms with Crippen molar-refractivity contribution in [3.05, 3.63) is 0 Å². The molecule has 4 nitrogen and oxygen atoms in total. The Morgan fingerprint density at radius 3 is 2.56 bits per heavy atom. The average molecular weight is 131 g/mol. The first-order valence-corrected chi connectivity index (χ1v) is 2.84. The lowest BCUT2D eigenvalue weighted by Crippen LogP contribution is -2.42. The lowest BCUT2D eigenvalue weighted by molar-refractivity contribution is -0.223. The predicted octanol–water partition coefficient (Wildman–Crippen LogP) is 0.390. The van der Waals surface area contributed by atoms with Crippen LogP contribution in [-0.4, -0.2) is 31.2 Å². The molecule has 1 rings (SSSR count). The van der Waals surface area contributed by atoms with Gasteiger partial charge in [0.2, 0.25) is 0 Å². The Morgan fingerprint density at radius 2 is 2.22 bits per heavy atom. The third-order valence-electron chi connectivity index (χ3n) is 1.27. The first-order chi connectivity index (χ1) is 4.34. The van der Waals surface area contributed by atoms with E-state index >= 15 is 0 Å². The predicted molar refractivity (Wildman–Crippen MR) is 29.7 cm³/mol. The van der Waals surface area contributed by atoms with E-state index in [4.69, 9.17) is 0 Å². The maximum absolute atomic E-state index is 10.6. The van der Waals surface area contributed by atoms with E-state index in [1.807, 2.05) is 0 Å². The van der Waals surface area contributed by atoms with Crippen molar-refractivity contribution < 1.29 is 14.6 Å². The summed E-state index contributed by atoms with van der Waals surface area (Å²) in [6.45, 7) is 1.59. The molecule has 0 N–H and O–H groups in total. The molecule has 1 heterocycles. The summed E-state index contributed by atoms with van der Waals surface area (Å²) in [7, 11) is 1.32. The molecular weight excluding hydrogens is 122 g/mol. The molecule has 0 saturated carbocycles. The van der Waals surface area contributed by atoms with Crippen LogP contribution in [0.4, 0.5) is 4.79 Å². The molecule has 0 aliphatic carbocycles. The van der Waals surface area contributed by atoms with Crippen LogP contribution in [0.1, 0.15) is 6.42 Å². The number of hydrogen-bond donors (Lipinski definition) is 0. The van der Waals surface area contributed by atoms with Gasteiger partial charge in [0.1, 0.15) is 0 Å². The largest absolute Gasteiger partial charge is 0.441 e. The highest BCUT2D eigenvalue weighted by Crippen LogP contribution is 2.06. The van der Waals surface area contributed by atoms with Crippen molar-refractivity contribution in [2.24, 2.45) is 0 Å². The second-order valence-corrected chi connectivity index (χ2v) is 1.86.